The van der Waals surface area contributed by atoms with E-state index < -0.39 is 0 Å². The second-order valence-electron chi connectivity index (χ2n) is 6.42. The van der Waals surface area contributed by atoms with E-state index in [0.29, 0.717) is 28.7 Å². The normalized spacial score (nSPS) is 10.9. The van der Waals surface area contributed by atoms with E-state index in [2.05, 4.69) is 26.0 Å². The Balaban J connectivity index is 1.58. The lowest BCUT2D eigenvalue weighted by molar-refractivity contribution is 0.0788. The van der Waals surface area contributed by atoms with Crippen molar-refractivity contribution < 1.29 is 4.79 Å². The molecule has 3 heterocycles. The maximum Gasteiger partial charge on any atom is 0.265 e. The zero-order chi connectivity index (χ0) is 19.5. The number of aryl methyl sites for hydroxylation is 1. The summed E-state index contributed by atoms with van der Waals surface area (Å²) < 4.78 is 0. The molecule has 28 heavy (non-hydrogen) atoms. The molecule has 7 heteroatoms. The Kier molecular flexibility index (Phi) is 5.08. The molecule has 0 aliphatic rings. The molecule has 0 radical (unpaired) electrons. The molecule has 1 aromatic carbocycles. The predicted molar refractivity (Wildman–Crippen MR) is 110 cm³/mol. The molecule has 4 aromatic rings. The van der Waals surface area contributed by atoms with Gasteiger partial charge in [0.15, 0.2) is 10.8 Å². The first kappa shape index (κ1) is 18.2. The molecule has 6 nitrogen and oxygen atoms in total. The van der Waals surface area contributed by atoms with Crippen molar-refractivity contribution in [2.24, 2.45) is 0 Å². The number of thiazole rings is 1. The van der Waals surface area contributed by atoms with E-state index >= 15 is 0 Å². The van der Waals surface area contributed by atoms with Crippen molar-refractivity contribution in [2.45, 2.75) is 19.9 Å². The van der Waals surface area contributed by atoms with Gasteiger partial charge in [0.2, 0.25) is 0 Å². The van der Waals surface area contributed by atoms with E-state index in [1.165, 1.54) is 11.3 Å². The lowest BCUT2D eigenvalue weighted by Crippen LogP contribution is -2.26. The first-order valence-electron chi connectivity index (χ1n) is 9.02. The Labute approximate surface area is 166 Å². The summed E-state index contributed by atoms with van der Waals surface area (Å²) in [6.45, 7) is 2.48. The second-order valence-corrected chi connectivity index (χ2v) is 7.42. The number of carbonyl (C=O) groups excluding carboxylic acids is 1. The van der Waals surface area contributed by atoms with Crippen molar-refractivity contribution in [1.82, 2.24) is 24.8 Å². The number of hydrogen-bond acceptors (Lipinski definition) is 6. The lowest BCUT2D eigenvalue weighted by atomic mass is 10.1. The Hall–Kier alpha value is -3.19. The van der Waals surface area contributed by atoms with Crippen molar-refractivity contribution in [2.75, 3.05) is 7.05 Å². The van der Waals surface area contributed by atoms with Crippen LogP contribution in [0.5, 0.6) is 0 Å². The van der Waals surface area contributed by atoms with Gasteiger partial charge >= 0.3 is 0 Å². The molecular formula is C21H19N5OS. The van der Waals surface area contributed by atoms with Crippen LogP contribution in [0.25, 0.3) is 21.7 Å². The highest BCUT2D eigenvalue weighted by Crippen LogP contribution is 2.27. The van der Waals surface area contributed by atoms with E-state index in [9.17, 15) is 4.79 Å². The number of pyridine rings is 1. The van der Waals surface area contributed by atoms with Crippen LogP contribution in [0.1, 0.15) is 27.9 Å². The highest BCUT2D eigenvalue weighted by atomic mass is 32.1. The monoisotopic (exact) mass is 389 g/mol. The largest absolute Gasteiger partial charge is 0.337 e. The fourth-order valence-corrected chi connectivity index (χ4v) is 4.08. The van der Waals surface area contributed by atoms with Gasteiger partial charge in [0.25, 0.3) is 5.91 Å². The molecule has 0 saturated carbocycles. The molecule has 0 spiro atoms. The van der Waals surface area contributed by atoms with Crippen LogP contribution < -0.4 is 0 Å². The highest BCUT2D eigenvalue weighted by molar-refractivity contribution is 7.17. The van der Waals surface area contributed by atoms with E-state index in [0.717, 1.165) is 22.2 Å². The number of fused-ring (bicyclic) bond motifs is 1. The third-order valence-electron chi connectivity index (χ3n) is 4.40. The predicted octanol–water partition coefficient (Wildman–Crippen LogP) is 3.98. The van der Waals surface area contributed by atoms with Crippen LogP contribution in [0, 0.1) is 0 Å². The minimum Gasteiger partial charge on any atom is -0.337 e. The number of nitrogens with zero attached hydrogens (tertiary/aromatic N) is 5. The van der Waals surface area contributed by atoms with Crippen LogP contribution in [0.2, 0.25) is 0 Å². The molecule has 0 aliphatic heterocycles. The smallest absolute Gasteiger partial charge is 0.265 e. The Morgan fingerprint density at radius 2 is 1.89 bits per heavy atom. The Bertz CT molecular complexity index is 1130. The van der Waals surface area contributed by atoms with E-state index in [1.54, 1.807) is 30.4 Å². The zero-order valence-electron chi connectivity index (χ0n) is 15.7. The lowest BCUT2D eigenvalue weighted by Gasteiger charge is -2.17. The van der Waals surface area contributed by atoms with Crippen molar-refractivity contribution in [3.63, 3.8) is 0 Å². The molecule has 0 atom stereocenters. The fraction of sp³-hybridized carbons (Fsp3) is 0.190. The van der Waals surface area contributed by atoms with Gasteiger partial charge in [0.05, 0.1) is 11.2 Å². The molecule has 1 amide bonds. The zero-order valence-corrected chi connectivity index (χ0v) is 16.5. The van der Waals surface area contributed by atoms with E-state index in [-0.39, 0.29) is 5.91 Å². The van der Waals surface area contributed by atoms with E-state index in [1.807, 2.05) is 37.4 Å². The van der Waals surface area contributed by atoms with Gasteiger partial charge in [-0.25, -0.2) is 15.0 Å². The summed E-state index contributed by atoms with van der Waals surface area (Å²) in [5.74, 6) is 0.493. The Morgan fingerprint density at radius 1 is 1.11 bits per heavy atom. The third-order valence-corrected chi connectivity index (χ3v) is 5.48. The summed E-state index contributed by atoms with van der Waals surface area (Å²) >= 11 is 1.34. The number of carbonyl (C=O) groups is 1. The molecule has 140 valence electrons. The van der Waals surface area contributed by atoms with Gasteiger partial charge in [-0.2, -0.15) is 0 Å². The topological polar surface area (TPSA) is 71.9 Å². The van der Waals surface area contributed by atoms with E-state index in [4.69, 9.17) is 0 Å². The number of benzene rings is 1. The highest BCUT2D eigenvalue weighted by Gasteiger charge is 2.22. The summed E-state index contributed by atoms with van der Waals surface area (Å²) in [7, 11) is 1.80. The SMILES string of the molecule is CCc1nc(-c2ncccn2)sc1C(=O)N(C)Cc1cnc2ccccc2c1. The molecule has 0 aliphatic carbocycles. The second kappa shape index (κ2) is 7.82. The molecule has 0 bridgehead atoms. The number of aromatic nitrogens is 4. The van der Waals surface area contributed by atoms with Crippen molar-refractivity contribution >= 4 is 28.1 Å². The average Bonchev–Trinajstić information content (AvgIpc) is 3.18. The van der Waals surface area contributed by atoms with Crippen LogP contribution in [0.15, 0.2) is 55.0 Å². The van der Waals surface area contributed by atoms with Gasteiger partial charge in [-0.3, -0.25) is 9.78 Å². The summed E-state index contributed by atoms with van der Waals surface area (Å²) in [6.07, 6.45) is 5.85. The molecule has 0 N–H and O–H groups in total. The summed E-state index contributed by atoms with van der Waals surface area (Å²) in [4.78, 5) is 33.0. The van der Waals surface area contributed by atoms with Crippen molar-refractivity contribution in [1.29, 1.82) is 0 Å². The summed E-state index contributed by atoms with van der Waals surface area (Å²) in [5, 5.41) is 1.73. The van der Waals surface area contributed by atoms with Gasteiger partial charge in [0, 0.05) is 37.6 Å². The average molecular weight is 389 g/mol. The molecule has 4 rings (SSSR count). The van der Waals surface area contributed by atoms with Crippen molar-refractivity contribution in [3.8, 4) is 10.8 Å². The van der Waals surface area contributed by atoms with Gasteiger partial charge in [-0.05, 0) is 30.2 Å². The van der Waals surface area contributed by atoms with Gasteiger partial charge in [-0.15, -0.1) is 11.3 Å². The quantitative estimate of drug-likeness (QED) is 0.516. The molecule has 3 aromatic heterocycles. The maximum atomic E-state index is 13.1. The molecule has 0 unspecified atom stereocenters. The van der Waals surface area contributed by atoms with Crippen LogP contribution in [-0.2, 0) is 13.0 Å². The number of para-hydroxylation sites is 1. The molecular weight excluding hydrogens is 370 g/mol. The van der Waals surface area contributed by atoms with Crippen molar-refractivity contribution in [3.05, 3.63) is 71.1 Å². The number of hydrogen-bond donors (Lipinski definition) is 0. The maximum absolute atomic E-state index is 13.1. The van der Waals surface area contributed by atoms with Gasteiger partial charge < -0.3 is 4.90 Å². The minimum atomic E-state index is -0.0512. The third kappa shape index (κ3) is 3.61. The minimum absolute atomic E-state index is 0.0512. The first-order valence-corrected chi connectivity index (χ1v) is 9.83. The summed E-state index contributed by atoms with van der Waals surface area (Å²) in [6, 6.07) is 11.8. The number of rotatable bonds is 5. The van der Waals surface area contributed by atoms with Gasteiger partial charge in [0.1, 0.15) is 4.88 Å². The molecule has 0 saturated heterocycles. The Morgan fingerprint density at radius 3 is 2.68 bits per heavy atom. The standard InChI is InChI=1S/C21H19N5OS/c1-3-16-18(28-20(25-16)19-22-9-6-10-23-19)21(27)26(2)13-14-11-15-7-4-5-8-17(15)24-12-14/h4-12H,3,13H2,1-2H3. The van der Waals surface area contributed by atoms with Crippen LogP contribution in [-0.4, -0.2) is 37.8 Å². The van der Waals surface area contributed by atoms with Gasteiger partial charge in [-0.1, -0.05) is 25.1 Å². The van der Waals surface area contributed by atoms with Crippen LogP contribution >= 0.6 is 11.3 Å². The van der Waals surface area contributed by atoms with Crippen LogP contribution in [0.3, 0.4) is 0 Å². The summed E-state index contributed by atoms with van der Waals surface area (Å²) in [5.41, 5.74) is 2.72. The molecule has 0 fully saturated rings. The first-order chi connectivity index (χ1) is 13.7. The number of amides is 1. The fourth-order valence-electron chi connectivity index (χ4n) is 2.99. The van der Waals surface area contributed by atoms with Crippen LogP contribution in [0.4, 0.5) is 0 Å².